The van der Waals surface area contributed by atoms with Gasteiger partial charge < -0.3 is 5.11 Å². The molecule has 24 heavy (non-hydrogen) atoms. The maximum Gasteiger partial charge on any atom is 0.209 e. The van der Waals surface area contributed by atoms with Crippen LogP contribution in [0.2, 0.25) is 0 Å². The van der Waals surface area contributed by atoms with Gasteiger partial charge in [0.1, 0.15) is 0 Å². The number of aliphatic hydroxyl groups excluding tert-OH is 1. The Morgan fingerprint density at radius 1 is 0.875 bits per heavy atom. The molecule has 0 fully saturated rings. The molecule has 0 aromatic carbocycles. The Morgan fingerprint density at radius 2 is 1.38 bits per heavy atom. The molecule has 0 saturated carbocycles. The number of rotatable bonds is 17. The Hall–Kier alpha value is -0.390. The van der Waals surface area contributed by atoms with E-state index in [4.69, 9.17) is 5.14 Å². The standard InChI is InChI=1S/C19H39NO3S/c1-2-3-16-19(21)17-14-12-10-8-6-4-5-7-9-11-13-15-18-24(20,22)23/h14,17,19,21H,2-13,15-16,18H2,1H3,(H2,20,22,23)/t19-/m1/s1. The summed E-state index contributed by atoms with van der Waals surface area (Å²) in [6.07, 6.45) is 19.6. The smallest absolute Gasteiger partial charge is 0.209 e. The van der Waals surface area contributed by atoms with Gasteiger partial charge in [0.2, 0.25) is 10.0 Å². The summed E-state index contributed by atoms with van der Waals surface area (Å²) in [5.74, 6) is 0.122. The van der Waals surface area contributed by atoms with Crippen LogP contribution in [0.15, 0.2) is 12.2 Å². The van der Waals surface area contributed by atoms with E-state index in [9.17, 15) is 13.5 Å². The van der Waals surface area contributed by atoms with Crippen LogP contribution in [0.3, 0.4) is 0 Å². The van der Waals surface area contributed by atoms with E-state index in [0.29, 0.717) is 6.42 Å². The van der Waals surface area contributed by atoms with E-state index in [1.165, 1.54) is 44.9 Å². The molecule has 0 spiro atoms. The fourth-order valence-electron chi connectivity index (χ4n) is 2.74. The lowest BCUT2D eigenvalue weighted by Gasteiger charge is -2.04. The van der Waals surface area contributed by atoms with Crippen molar-refractivity contribution >= 4 is 10.0 Å². The zero-order chi connectivity index (χ0) is 18.1. The molecule has 3 N–H and O–H groups in total. The summed E-state index contributed by atoms with van der Waals surface area (Å²) < 4.78 is 21.5. The number of hydrogen-bond acceptors (Lipinski definition) is 3. The van der Waals surface area contributed by atoms with Gasteiger partial charge in [0.05, 0.1) is 11.9 Å². The van der Waals surface area contributed by atoms with E-state index in [-0.39, 0.29) is 11.9 Å². The number of sulfonamides is 1. The summed E-state index contributed by atoms with van der Waals surface area (Å²) in [5.41, 5.74) is 0. The SMILES string of the molecule is CCCC[C@@H](O)C=CCCCCCCCCCCCCS(N)(=O)=O. The second-order valence-electron chi connectivity index (χ2n) is 6.83. The van der Waals surface area contributed by atoms with Crippen LogP contribution >= 0.6 is 0 Å². The summed E-state index contributed by atoms with van der Waals surface area (Å²) in [6, 6.07) is 0. The molecule has 144 valence electrons. The highest BCUT2D eigenvalue weighted by atomic mass is 32.2. The van der Waals surface area contributed by atoms with Crippen LogP contribution in [-0.2, 0) is 10.0 Å². The molecule has 0 aromatic heterocycles. The number of allylic oxidation sites excluding steroid dienone is 1. The molecule has 0 aromatic rings. The van der Waals surface area contributed by atoms with Gasteiger partial charge in [0.15, 0.2) is 0 Å². The first-order valence-electron chi connectivity index (χ1n) is 9.81. The van der Waals surface area contributed by atoms with Crippen molar-refractivity contribution in [2.24, 2.45) is 5.14 Å². The van der Waals surface area contributed by atoms with E-state index in [1.807, 2.05) is 6.08 Å². The van der Waals surface area contributed by atoms with Crippen LogP contribution in [0.1, 0.15) is 96.8 Å². The third-order valence-electron chi connectivity index (χ3n) is 4.26. The Balaban J connectivity index is 3.21. The normalized spacial score (nSPS) is 13.6. The monoisotopic (exact) mass is 361 g/mol. The van der Waals surface area contributed by atoms with Gasteiger partial charge >= 0.3 is 0 Å². The number of unbranched alkanes of at least 4 members (excludes halogenated alkanes) is 11. The third kappa shape index (κ3) is 19.7. The molecule has 0 heterocycles. The van der Waals surface area contributed by atoms with E-state index >= 15 is 0 Å². The molecule has 0 saturated heterocycles. The highest BCUT2D eigenvalue weighted by Crippen LogP contribution is 2.12. The zero-order valence-corrected chi connectivity index (χ0v) is 16.4. The van der Waals surface area contributed by atoms with E-state index in [1.54, 1.807) is 0 Å². The largest absolute Gasteiger partial charge is 0.389 e. The van der Waals surface area contributed by atoms with Crippen molar-refractivity contribution in [3.05, 3.63) is 12.2 Å². The summed E-state index contributed by atoms with van der Waals surface area (Å²) in [6.45, 7) is 2.14. The average molecular weight is 362 g/mol. The fourth-order valence-corrected chi connectivity index (χ4v) is 3.35. The molecule has 0 aliphatic rings. The molecule has 4 nitrogen and oxygen atoms in total. The molecular formula is C19H39NO3S. The van der Waals surface area contributed by atoms with Crippen molar-refractivity contribution in [2.45, 2.75) is 103 Å². The molecule has 1 atom stereocenters. The second-order valence-corrected chi connectivity index (χ2v) is 8.56. The average Bonchev–Trinajstić information content (AvgIpc) is 2.52. The maximum atomic E-state index is 10.8. The Morgan fingerprint density at radius 3 is 1.88 bits per heavy atom. The van der Waals surface area contributed by atoms with Gasteiger partial charge in [-0.25, -0.2) is 13.6 Å². The lowest BCUT2D eigenvalue weighted by atomic mass is 10.1. The molecule has 0 aliphatic heterocycles. The van der Waals surface area contributed by atoms with Gasteiger partial charge in [-0.1, -0.05) is 83.3 Å². The number of aliphatic hydroxyl groups is 1. The minimum absolute atomic E-state index is 0.122. The third-order valence-corrected chi connectivity index (χ3v) is 5.12. The van der Waals surface area contributed by atoms with Gasteiger partial charge in [-0.15, -0.1) is 0 Å². The minimum Gasteiger partial charge on any atom is -0.389 e. The van der Waals surface area contributed by atoms with Gasteiger partial charge in [-0.2, -0.15) is 0 Å². The van der Waals surface area contributed by atoms with Gasteiger partial charge in [0.25, 0.3) is 0 Å². The Labute approximate surface area is 150 Å². The minimum atomic E-state index is -3.27. The second kappa shape index (κ2) is 16.1. The summed E-state index contributed by atoms with van der Waals surface area (Å²) in [5, 5.41) is 14.6. The highest BCUT2D eigenvalue weighted by Gasteiger charge is 2.01. The first-order chi connectivity index (χ1) is 11.5. The highest BCUT2D eigenvalue weighted by molar-refractivity contribution is 7.89. The van der Waals surface area contributed by atoms with Gasteiger partial charge in [0, 0.05) is 0 Å². The van der Waals surface area contributed by atoms with Crippen molar-refractivity contribution < 1.29 is 13.5 Å². The van der Waals surface area contributed by atoms with Crippen LogP contribution in [0, 0.1) is 0 Å². The van der Waals surface area contributed by atoms with E-state index < -0.39 is 10.0 Å². The zero-order valence-electron chi connectivity index (χ0n) is 15.6. The van der Waals surface area contributed by atoms with Crippen molar-refractivity contribution in [2.75, 3.05) is 5.75 Å². The number of hydrogen-bond donors (Lipinski definition) is 2. The number of nitrogens with two attached hydrogens (primary N) is 1. The lowest BCUT2D eigenvalue weighted by molar-refractivity contribution is 0.209. The molecular weight excluding hydrogens is 322 g/mol. The van der Waals surface area contributed by atoms with Crippen LogP contribution in [0.25, 0.3) is 0 Å². The van der Waals surface area contributed by atoms with Crippen LogP contribution in [0.4, 0.5) is 0 Å². The van der Waals surface area contributed by atoms with E-state index in [2.05, 4.69) is 13.0 Å². The van der Waals surface area contributed by atoms with Gasteiger partial charge in [-0.05, 0) is 25.7 Å². The summed E-state index contributed by atoms with van der Waals surface area (Å²) in [4.78, 5) is 0. The Bertz CT molecular complexity index is 393. The lowest BCUT2D eigenvalue weighted by Crippen LogP contribution is -2.16. The summed E-state index contributed by atoms with van der Waals surface area (Å²) >= 11 is 0. The molecule has 0 aliphatic carbocycles. The van der Waals surface area contributed by atoms with Crippen molar-refractivity contribution in [1.82, 2.24) is 0 Å². The first kappa shape index (κ1) is 23.6. The number of primary sulfonamides is 1. The molecule has 0 radical (unpaired) electrons. The van der Waals surface area contributed by atoms with Crippen LogP contribution in [-0.4, -0.2) is 25.4 Å². The summed E-state index contributed by atoms with van der Waals surface area (Å²) in [7, 11) is -3.27. The Kier molecular flexibility index (Phi) is 15.8. The molecule has 0 rings (SSSR count). The van der Waals surface area contributed by atoms with Crippen LogP contribution < -0.4 is 5.14 Å². The fraction of sp³-hybridized carbons (Fsp3) is 0.895. The molecule has 0 amide bonds. The molecule has 5 heteroatoms. The first-order valence-corrected chi connectivity index (χ1v) is 11.5. The van der Waals surface area contributed by atoms with Crippen LogP contribution in [0.5, 0.6) is 0 Å². The maximum absolute atomic E-state index is 10.8. The predicted molar refractivity (Wildman–Crippen MR) is 103 cm³/mol. The van der Waals surface area contributed by atoms with E-state index in [0.717, 1.165) is 38.5 Å². The van der Waals surface area contributed by atoms with Crippen molar-refractivity contribution in [3.8, 4) is 0 Å². The quantitative estimate of drug-likeness (QED) is 0.292. The van der Waals surface area contributed by atoms with Crippen molar-refractivity contribution in [3.63, 3.8) is 0 Å². The molecule has 0 unspecified atom stereocenters. The topological polar surface area (TPSA) is 80.4 Å². The van der Waals surface area contributed by atoms with Gasteiger partial charge in [-0.3, -0.25) is 0 Å². The predicted octanol–water partition coefficient (Wildman–Crippen LogP) is 4.67. The molecule has 0 bridgehead atoms. The van der Waals surface area contributed by atoms with Crippen molar-refractivity contribution in [1.29, 1.82) is 0 Å².